The Morgan fingerprint density at radius 2 is 1.80 bits per heavy atom. The maximum absolute atomic E-state index is 13.6. The fourth-order valence-electron chi connectivity index (χ4n) is 5.00. The van der Waals surface area contributed by atoms with Crippen molar-refractivity contribution in [1.82, 2.24) is 10.2 Å². The van der Waals surface area contributed by atoms with Gasteiger partial charge in [0, 0.05) is 13.1 Å². The molecule has 2 atom stereocenters. The van der Waals surface area contributed by atoms with Gasteiger partial charge in [-0.1, -0.05) is 42.5 Å². The second-order valence-corrected chi connectivity index (χ2v) is 8.50. The largest absolute Gasteiger partial charge is 0.497 e. The highest BCUT2D eigenvalue weighted by Gasteiger charge is 2.56. The molecular weight excluding hydrogens is 380 g/mol. The van der Waals surface area contributed by atoms with Crippen LogP contribution < -0.4 is 10.1 Å². The van der Waals surface area contributed by atoms with Crippen molar-refractivity contribution in [2.45, 2.75) is 36.3 Å². The van der Waals surface area contributed by atoms with Crippen LogP contribution in [-0.4, -0.2) is 49.6 Å². The molecule has 3 aliphatic rings. The molecule has 2 saturated heterocycles. The third kappa shape index (κ3) is 2.98. The summed E-state index contributed by atoms with van der Waals surface area (Å²) in [5.41, 5.74) is 1.07. The van der Waals surface area contributed by atoms with E-state index < -0.39 is 11.0 Å². The fourth-order valence-corrected chi connectivity index (χ4v) is 5.00. The second-order valence-electron chi connectivity index (χ2n) is 8.50. The van der Waals surface area contributed by atoms with Crippen LogP contribution in [0.25, 0.3) is 0 Å². The van der Waals surface area contributed by atoms with Crippen LogP contribution in [0.2, 0.25) is 0 Å². The van der Waals surface area contributed by atoms with E-state index in [1.165, 1.54) is 0 Å². The van der Waals surface area contributed by atoms with E-state index in [4.69, 9.17) is 9.47 Å². The number of piperidine rings is 1. The summed E-state index contributed by atoms with van der Waals surface area (Å²) < 4.78 is 11.2. The third-order valence-electron chi connectivity index (χ3n) is 6.87. The molecule has 0 aromatic heterocycles. The average molecular weight is 406 g/mol. The van der Waals surface area contributed by atoms with Crippen LogP contribution in [0.15, 0.2) is 54.6 Å². The van der Waals surface area contributed by atoms with Gasteiger partial charge in [0.15, 0.2) is 0 Å². The zero-order valence-electron chi connectivity index (χ0n) is 17.1. The van der Waals surface area contributed by atoms with Gasteiger partial charge in [0.05, 0.1) is 18.1 Å². The number of hydrogen-bond acceptors (Lipinski definition) is 4. The summed E-state index contributed by atoms with van der Waals surface area (Å²) in [5, 5.41) is 3.19. The van der Waals surface area contributed by atoms with Gasteiger partial charge in [-0.2, -0.15) is 0 Å². The van der Waals surface area contributed by atoms with Crippen molar-refractivity contribution < 1.29 is 19.1 Å². The van der Waals surface area contributed by atoms with Gasteiger partial charge in [-0.25, -0.2) is 0 Å². The number of rotatable bonds is 4. The molecule has 5 rings (SSSR count). The Morgan fingerprint density at radius 3 is 2.47 bits per heavy atom. The van der Waals surface area contributed by atoms with Crippen LogP contribution in [0.4, 0.5) is 0 Å². The number of nitrogens with one attached hydrogen (secondary N) is 1. The van der Waals surface area contributed by atoms with Crippen molar-refractivity contribution in [1.29, 1.82) is 0 Å². The molecule has 1 saturated carbocycles. The Labute approximate surface area is 176 Å². The Morgan fingerprint density at radius 1 is 1.07 bits per heavy atom. The van der Waals surface area contributed by atoms with Crippen molar-refractivity contribution in [3.63, 3.8) is 0 Å². The number of likely N-dealkylation sites (tertiary alicyclic amines) is 1. The highest BCUT2D eigenvalue weighted by Crippen LogP contribution is 2.51. The summed E-state index contributed by atoms with van der Waals surface area (Å²) in [6.45, 7) is 1.10. The van der Waals surface area contributed by atoms with Gasteiger partial charge in [0.2, 0.25) is 11.8 Å². The number of amides is 2. The van der Waals surface area contributed by atoms with E-state index in [0.717, 1.165) is 29.7 Å². The number of nitrogens with zero attached hydrogens (tertiary/aromatic N) is 1. The Kier molecular flexibility index (Phi) is 4.54. The van der Waals surface area contributed by atoms with Crippen LogP contribution in [0.1, 0.15) is 30.4 Å². The summed E-state index contributed by atoms with van der Waals surface area (Å²) in [7, 11) is 1.64. The van der Waals surface area contributed by atoms with Crippen molar-refractivity contribution >= 4 is 11.8 Å². The number of carbonyl (C=O) groups excluding carboxylic acids is 2. The number of methoxy groups -OCH3 is 1. The summed E-state index contributed by atoms with van der Waals surface area (Å²) >= 11 is 0. The summed E-state index contributed by atoms with van der Waals surface area (Å²) in [6.07, 6.45) is 2.10. The lowest BCUT2D eigenvalue weighted by Crippen LogP contribution is -2.67. The zero-order valence-corrected chi connectivity index (χ0v) is 17.1. The first-order chi connectivity index (χ1) is 14.6. The van der Waals surface area contributed by atoms with Gasteiger partial charge in [-0.15, -0.1) is 0 Å². The first kappa shape index (κ1) is 19.1. The lowest BCUT2D eigenvalue weighted by Gasteiger charge is -2.50. The first-order valence-corrected chi connectivity index (χ1v) is 10.5. The minimum atomic E-state index is -0.579. The van der Waals surface area contributed by atoms with Crippen LogP contribution in [0.5, 0.6) is 5.75 Å². The molecular formula is C24H26N2O4. The van der Waals surface area contributed by atoms with Crippen molar-refractivity contribution in [2.75, 3.05) is 26.8 Å². The van der Waals surface area contributed by atoms with Gasteiger partial charge in [0.25, 0.3) is 0 Å². The van der Waals surface area contributed by atoms with Gasteiger partial charge >= 0.3 is 0 Å². The topological polar surface area (TPSA) is 67.9 Å². The van der Waals surface area contributed by atoms with E-state index in [-0.39, 0.29) is 24.5 Å². The van der Waals surface area contributed by atoms with Crippen LogP contribution in [0.3, 0.4) is 0 Å². The highest BCUT2D eigenvalue weighted by atomic mass is 16.5. The molecule has 6 nitrogen and oxygen atoms in total. The normalized spacial score (nSPS) is 27.0. The Bertz CT molecular complexity index is 955. The quantitative estimate of drug-likeness (QED) is 0.847. The smallest absolute Gasteiger partial charge is 0.246 e. The van der Waals surface area contributed by atoms with Crippen molar-refractivity contribution in [3.8, 4) is 5.75 Å². The number of hydrogen-bond donors (Lipinski definition) is 1. The molecule has 2 amide bonds. The van der Waals surface area contributed by atoms with Gasteiger partial charge in [-0.05, 0) is 42.5 Å². The van der Waals surface area contributed by atoms with E-state index in [1.807, 2.05) is 59.5 Å². The van der Waals surface area contributed by atoms with E-state index in [1.54, 1.807) is 7.11 Å². The highest BCUT2D eigenvalue weighted by molar-refractivity contribution is 5.91. The molecule has 1 N–H and O–H groups in total. The molecule has 2 aliphatic heterocycles. The molecule has 6 heteroatoms. The zero-order chi connectivity index (χ0) is 20.8. The molecule has 2 aromatic carbocycles. The standard InChI is InChI=1S/C24H26N2O4/c1-29-19-9-7-17(8-10-19)23(11-12-23)22(28)26-14-13-24(18-5-3-2-4-6-18)20(15-26)30-16-21(27)25-24/h2-10,20H,11-16H2,1H3,(H,25,27)/t20-,24+/m1/s1. The summed E-state index contributed by atoms with van der Waals surface area (Å²) in [5.74, 6) is 0.848. The molecule has 30 heavy (non-hydrogen) atoms. The lowest BCUT2D eigenvalue weighted by atomic mass is 9.77. The molecule has 0 unspecified atom stereocenters. The van der Waals surface area contributed by atoms with Gasteiger partial charge < -0.3 is 19.7 Å². The summed E-state index contributed by atoms with van der Waals surface area (Å²) in [6, 6.07) is 17.8. The van der Waals surface area contributed by atoms with Crippen molar-refractivity contribution in [3.05, 3.63) is 65.7 Å². The minimum Gasteiger partial charge on any atom is -0.497 e. The molecule has 0 spiro atoms. The van der Waals surface area contributed by atoms with Gasteiger partial charge in [-0.3, -0.25) is 9.59 Å². The molecule has 2 aromatic rings. The number of fused-ring (bicyclic) bond motifs is 1. The monoisotopic (exact) mass is 406 g/mol. The molecule has 0 bridgehead atoms. The van der Waals surface area contributed by atoms with Crippen molar-refractivity contribution in [2.24, 2.45) is 0 Å². The van der Waals surface area contributed by atoms with Crippen LogP contribution in [-0.2, 0) is 25.3 Å². The molecule has 156 valence electrons. The maximum atomic E-state index is 13.6. The number of carbonyl (C=O) groups is 2. The number of morpholine rings is 1. The van der Waals surface area contributed by atoms with E-state index >= 15 is 0 Å². The predicted molar refractivity (Wildman–Crippen MR) is 111 cm³/mol. The lowest BCUT2D eigenvalue weighted by molar-refractivity contribution is -0.158. The fraction of sp³-hybridized carbons (Fsp3) is 0.417. The molecule has 3 fully saturated rings. The van der Waals surface area contributed by atoms with E-state index in [2.05, 4.69) is 5.32 Å². The SMILES string of the molecule is COc1ccc(C2(C(=O)N3CC[C@@]4(c5ccccc5)NC(=O)CO[C@@H]4C3)CC2)cc1. The molecule has 2 heterocycles. The van der Waals surface area contributed by atoms with E-state index in [9.17, 15) is 9.59 Å². The Hall–Kier alpha value is -2.86. The average Bonchev–Trinajstić information content (AvgIpc) is 3.61. The Balaban J connectivity index is 1.39. The van der Waals surface area contributed by atoms with Crippen LogP contribution >= 0.6 is 0 Å². The first-order valence-electron chi connectivity index (χ1n) is 10.5. The molecule has 1 aliphatic carbocycles. The minimum absolute atomic E-state index is 0.0326. The maximum Gasteiger partial charge on any atom is 0.246 e. The van der Waals surface area contributed by atoms with E-state index in [0.29, 0.717) is 19.5 Å². The predicted octanol–water partition coefficient (Wildman–Crippen LogP) is 2.37. The third-order valence-corrected chi connectivity index (χ3v) is 6.87. The van der Waals surface area contributed by atoms with Gasteiger partial charge in [0.1, 0.15) is 18.5 Å². The number of benzene rings is 2. The number of ether oxygens (including phenoxy) is 2. The second kappa shape index (κ2) is 7.13. The molecule has 0 radical (unpaired) electrons. The summed E-state index contributed by atoms with van der Waals surface area (Å²) in [4.78, 5) is 27.7. The van der Waals surface area contributed by atoms with Crippen LogP contribution in [0, 0.1) is 0 Å².